The zero-order valence-electron chi connectivity index (χ0n) is 17.0. The normalized spacial score (nSPS) is 20.4. The molecule has 8 heteroatoms. The van der Waals surface area contributed by atoms with Crippen LogP contribution < -0.4 is 20.1 Å². The maximum Gasteiger partial charge on any atom is 0.191 e. The summed E-state index contributed by atoms with van der Waals surface area (Å²) in [5, 5.41) is 6.75. The van der Waals surface area contributed by atoms with Crippen LogP contribution in [0.25, 0.3) is 0 Å². The summed E-state index contributed by atoms with van der Waals surface area (Å²) in [6.07, 6.45) is -0.0579. The van der Waals surface area contributed by atoms with Gasteiger partial charge in [0.2, 0.25) is 0 Å². The molecule has 0 aliphatic carbocycles. The summed E-state index contributed by atoms with van der Waals surface area (Å²) >= 11 is 0. The number of rotatable bonds is 7. The highest BCUT2D eigenvalue weighted by Crippen LogP contribution is 2.30. The Hall–Kier alpha value is -1.26. The van der Waals surface area contributed by atoms with Gasteiger partial charge in [-0.25, -0.2) is 4.99 Å². The molecule has 1 saturated heterocycles. The van der Waals surface area contributed by atoms with E-state index in [4.69, 9.17) is 9.47 Å². The van der Waals surface area contributed by atoms with E-state index < -0.39 is 0 Å². The Morgan fingerprint density at radius 2 is 1.79 bits per heavy atom. The second-order valence-corrected chi connectivity index (χ2v) is 6.92. The van der Waals surface area contributed by atoms with E-state index in [9.17, 15) is 0 Å². The minimum Gasteiger partial charge on any atom is -0.486 e. The van der Waals surface area contributed by atoms with E-state index in [1.54, 1.807) is 0 Å². The van der Waals surface area contributed by atoms with Crippen molar-refractivity contribution in [1.29, 1.82) is 0 Å². The number of hydrogen-bond acceptors (Lipinski definition) is 5. The number of para-hydroxylation sites is 2. The fourth-order valence-corrected chi connectivity index (χ4v) is 3.35. The topological polar surface area (TPSA) is 61.4 Å². The van der Waals surface area contributed by atoms with Crippen LogP contribution in [0.5, 0.6) is 11.5 Å². The molecule has 0 aromatic heterocycles. The zero-order chi connectivity index (χ0) is 18.9. The second kappa shape index (κ2) is 12.3. The molecule has 28 heavy (non-hydrogen) atoms. The van der Waals surface area contributed by atoms with E-state index in [1.807, 2.05) is 24.3 Å². The van der Waals surface area contributed by atoms with Crippen LogP contribution in [0.4, 0.5) is 0 Å². The molecule has 1 atom stereocenters. The highest BCUT2D eigenvalue weighted by Gasteiger charge is 2.20. The molecule has 1 aromatic carbocycles. The monoisotopic (exact) mass is 503 g/mol. The maximum atomic E-state index is 5.98. The molecule has 1 fully saturated rings. The third kappa shape index (κ3) is 6.97. The third-order valence-corrected chi connectivity index (χ3v) is 5.00. The van der Waals surface area contributed by atoms with E-state index in [0.717, 1.165) is 56.7 Å². The van der Waals surface area contributed by atoms with Gasteiger partial charge in [-0.05, 0) is 25.6 Å². The van der Waals surface area contributed by atoms with Crippen LogP contribution in [0.15, 0.2) is 29.3 Å². The molecule has 0 saturated carbocycles. The Kier molecular flexibility index (Phi) is 10.1. The number of fused-ring (bicyclic) bond motifs is 1. The van der Waals surface area contributed by atoms with Crippen molar-refractivity contribution in [2.75, 3.05) is 65.5 Å². The molecule has 0 bridgehead atoms. The minimum atomic E-state index is -0.0579. The average molecular weight is 503 g/mol. The number of hydrogen-bond donors (Lipinski definition) is 2. The van der Waals surface area contributed by atoms with E-state index >= 15 is 0 Å². The fraction of sp³-hybridized carbons (Fsp3) is 0.650. The third-order valence-electron chi connectivity index (χ3n) is 5.00. The first-order chi connectivity index (χ1) is 13.3. The fourth-order valence-electron chi connectivity index (χ4n) is 3.35. The van der Waals surface area contributed by atoms with E-state index in [1.165, 1.54) is 13.1 Å². The summed E-state index contributed by atoms with van der Waals surface area (Å²) in [6.45, 7) is 14.0. The van der Waals surface area contributed by atoms with E-state index in [-0.39, 0.29) is 30.1 Å². The average Bonchev–Trinajstić information content (AvgIpc) is 2.72. The van der Waals surface area contributed by atoms with Crippen LogP contribution in [0.1, 0.15) is 13.8 Å². The number of piperazine rings is 1. The van der Waals surface area contributed by atoms with Crippen molar-refractivity contribution in [1.82, 2.24) is 20.4 Å². The molecule has 0 spiro atoms. The van der Waals surface area contributed by atoms with Crippen LogP contribution in [-0.4, -0.2) is 87.4 Å². The lowest BCUT2D eigenvalue weighted by Crippen LogP contribution is -2.49. The Bertz CT molecular complexity index is 608. The van der Waals surface area contributed by atoms with E-state index in [0.29, 0.717) is 13.2 Å². The Morgan fingerprint density at radius 3 is 2.50 bits per heavy atom. The molecular formula is C20H34IN5O2. The Labute approximate surface area is 185 Å². The standard InChI is InChI=1S/C20H33N5O2.HI/c1-3-21-20(22-9-10-25-13-11-24(4-2)12-14-25)23-15-17-16-26-18-7-5-6-8-19(18)27-17;/h5-8,17H,3-4,9-16H2,1-2H3,(H2,21,22,23);1H. The van der Waals surface area contributed by atoms with Crippen molar-refractivity contribution in [3.63, 3.8) is 0 Å². The molecule has 2 aliphatic heterocycles. The predicted octanol–water partition coefficient (Wildman–Crippen LogP) is 1.64. The van der Waals surface area contributed by atoms with Crippen molar-refractivity contribution in [3.8, 4) is 11.5 Å². The summed E-state index contributed by atoms with van der Waals surface area (Å²) < 4.78 is 11.7. The van der Waals surface area contributed by atoms with Crippen LogP contribution in [0, 0.1) is 0 Å². The van der Waals surface area contributed by atoms with Crippen molar-refractivity contribution >= 4 is 29.9 Å². The summed E-state index contributed by atoms with van der Waals surface area (Å²) in [4.78, 5) is 9.69. The molecule has 0 amide bonds. The van der Waals surface area contributed by atoms with Gasteiger partial charge in [0.25, 0.3) is 0 Å². The van der Waals surface area contributed by atoms with Crippen LogP contribution in [-0.2, 0) is 0 Å². The lowest BCUT2D eigenvalue weighted by Gasteiger charge is -2.34. The van der Waals surface area contributed by atoms with Crippen molar-refractivity contribution in [2.24, 2.45) is 4.99 Å². The predicted molar refractivity (Wildman–Crippen MR) is 124 cm³/mol. The Balaban J connectivity index is 0.00000280. The number of ether oxygens (including phenoxy) is 2. The number of nitrogens with one attached hydrogen (secondary N) is 2. The molecule has 2 N–H and O–H groups in total. The molecule has 1 aromatic rings. The molecular weight excluding hydrogens is 469 g/mol. The van der Waals surface area contributed by atoms with Gasteiger partial charge in [-0.3, -0.25) is 4.90 Å². The van der Waals surface area contributed by atoms with Gasteiger partial charge in [0, 0.05) is 45.8 Å². The van der Waals surface area contributed by atoms with Crippen LogP contribution >= 0.6 is 24.0 Å². The van der Waals surface area contributed by atoms with Gasteiger partial charge in [0.15, 0.2) is 23.6 Å². The maximum absolute atomic E-state index is 5.98. The van der Waals surface area contributed by atoms with Crippen molar-refractivity contribution in [3.05, 3.63) is 24.3 Å². The first kappa shape index (κ1) is 23.0. The first-order valence-electron chi connectivity index (χ1n) is 10.1. The van der Waals surface area contributed by atoms with Gasteiger partial charge in [-0.1, -0.05) is 19.1 Å². The van der Waals surface area contributed by atoms with E-state index in [2.05, 4.69) is 39.3 Å². The molecule has 7 nitrogen and oxygen atoms in total. The quantitative estimate of drug-likeness (QED) is 0.335. The lowest BCUT2D eigenvalue weighted by atomic mass is 10.2. The van der Waals surface area contributed by atoms with Crippen molar-refractivity contribution in [2.45, 2.75) is 20.0 Å². The molecule has 1 unspecified atom stereocenters. The van der Waals surface area contributed by atoms with Crippen molar-refractivity contribution < 1.29 is 9.47 Å². The largest absolute Gasteiger partial charge is 0.486 e. The SMILES string of the molecule is CCNC(=NCC1COc2ccccc2O1)NCCN1CCN(CC)CC1.I. The van der Waals surface area contributed by atoms with Gasteiger partial charge in [0.1, 0.15) is 6.61 Å². The second-order valence-electron chi connectivity index (χ2n) is 6.92. The highest BCUT2D eigenvalue weighted by molar-refractivity contribution is 14.0. The molecule has 3 rings (SSSR count). The lowest BCUT2D eigenvalue weighted by molar-refractivity contribution is 0.0971. The number of benzene rings is 1. The summed E-state index contributed by atoms with van der Waals surface area (Å²) in [5.74, 6) is 2.45. The molecule has 2 heterocycles. The summed E-state index contributed by atoms with van der Waals surface area (Å²) in [5.41, 5.74) is 0. The van der Waals surface area contributed by atoms with Gasteiger partial charge in [-0.15, -0.1) is 24.0 Å². The van der Waals surface area contributed by atoms with Crippen LogP contribution in [0.3, 0.4) is 0 Å². The van der Waals surface area contributed by atoms with Gasteiger partial charge in [-0.2, -0.15) is 0 Å². The van der Waals surface area contributed by atoms with Crippen LogP contribution in [0.2, 0.25) is 0 Å². The minimum absolute atomic E-state index is 0. The van der Waals surface area contributed by atoms with Gasteiger partial charge >= 0.3 is 0 Å². The molecule has 158 valence electrons. The first-order valence-corrected chi connectivity index (χ1v) is 10.1. The summed E-state index contributed by atoms with van der Waals surface area (Å²) in [7, 11) is 0. The number of nitrogens with zero attached hydrogens (tertiary/aromatic N) is 3. The highest BCUT2D eigenvalue weighted by atomic mass is 127. The molecule has 2 aliphatic rings. The van der Waals surface area contributed by atoms with Gasteiger partial charge < -0.3 is 25.0 Å². The number of halogens is 1. The van der Waals surface area contributed by atoms with Gasteiger partial charge in [0.05, 0.1) is 6.54 Å². The molecule has 0 radical (unpaired) electrons. The summed E-state index contributed by atoms with van der Waals surface area (Å²) in [6, 6.07) is 7.78. The smallest absolute Gasteiger partial charge is 0.191 e. The zero-order valence-corrected chi connectivity index (χ0v) is 19.4. The number of guanidine groups is 1. The number of aliphatic imine (C=N–C) groups is 1. The Morgan fingerprint density at radius 1 is 1.07 bits per heavy atom. The number of likely N-dealkylation sites (N-methyl/N-ethyl adjacent to an activating group) is 1.